The molecule has 27 heavy (non-hydrogen) atoms. The van der Waals surface area contributed by atoms with Crippen LogP contribution in [0.25, 0.3) is 0 Å². The molecule has 0 spiro atoms. The lowest BCUT2D eigenvalue weighted by atomic mass is 9.76. The molecule has 1 N–H and O–H groups in total. The minimum absolute atomic E-state index is 0.0629. The minimum atomic E-state index is 0.0629. The highest BCUT2D eigenvalue weighted by molar-refractivity contribution is 7.99. The molecule has 4 rings (SSSR count). The summed E-state index contributed by atoms with van der Waals surface area (Å²) >= 11 is 1.58. The second-order valence-electron chi connectivity index (χ2n) is 7.54. The van der Waals surface area contributed by atoms with Crippen molar-refractivity contribution in [1.82, 2.24) is 20.1 Å². The molecule has 1 fully saturated rings. The molecule has 1 atom stereocenters. The van der Waals surface area contributed by atoms with E-state index in [4.69, 9.17) is 9.47 Å². The number of aromatic nitrogens is 3. The first-order valence-electron chi connectivity index (χ1n) is 9.19. The number of aromatic amines is 1. The average Bonchev–Trinajstić information content (AvgIpc) is 3.26. The molecule has 0 unspecified atom stereocenters. The number of thioether (sulfide) groups is 1. The zero-order valence-electron chi connectivity index (χ0n) is 15.7. The van der Waals surface area contributed by atoms with Crippen molar-refractivity contribution >= 4 is 17.7 Å². The van der Waals surface area contributed by atoms with Crippen LogP contribution in [0.5, 0.6) is 11.5 Å². The van der Waals surface area contributed by atoms with Gasteiger partial charge in [0.25, 0.3) is 0 Å². The van der Waals surface area contributed by atoms with Crippen molar-refractivity contribution in [3.8, 4) is 11.5 Å². The Hall–Kier alpha value is -2.22. The second-order valence-corrected chi connectivity index (χ2v) is 8.60. The molecule has 2 aromatic rings. The maximum Gasteiger partial charge on any atom is 0.231 e. The van der Waals surface area contributed by atoms with Gasteiger partial charge in [-0.2, -0.15) is 0 Å². The van der Waals surface area contributed by atoms with Crippen LogP contribution in [0, 0.1) is 12.3 Å². The number of carbonyl (C=O) groups excluding carboxylic acids is 1. The summed E-state index contributed by atoms with van der Waals surface area (Å²) in [4.78, 5) is 18.7. The highest BCUT2D eigenvalue weighted by atomic mass is 32.2. The van der Waals surface area contributed by atoms with Gasteiger partial charge in [-0.3, -0.25) is 9.89 Å². The van der Waals surface area contributed by atoms with Gasteiger partial charge in [-0.25, -0.2) is 4.98 Å². The third kappa shape index (κ3) is 4.21. The van der Waals surface area contributed by atoms with E-state index in [1.165, 1.54) is 5.56 Å². The number of hydrogen-bond donors (Lipinski definition) is 1. The number of rotatable bonds is 6. The molecule has 7 nitrogen and oxygen atoms in total. The van der Waals surface area contributed by atoms with Gasteiger partial charge in [0.2, 0.25) is 17.9 Å². The number of H-pyrrole nitrogens is 1. The summed E-state index contributed by atoms with van der Waals surface area (Å²) in [7, 11) is 0. The summed E-state index contributed by atoms with van der Waals surface area (Å²) in [5.41, 5.74) is 1.29. The van der Waals surface area contributed by atoms with Gasteiger partial charge in [0, 0.05) is 25.3 Å². The lowest BCUT2D eigenvalue weighted by Gasteiger charge is -2.40. The topological polar surface area (TPSA) is 80.3 Å². The largest absolute Gasteiger partial charge is 0.454 e. The number of aryl methyl sites for hydroxylation is 1. The maximum atomic E-state index is 12.4. The molecule has 144 valence electrons. The van der Waals surface area contributed by atoms with Crippen molar-refractivity contribution in [3.63, 3.8) is 0 Å². The van der Waals surface area contributed by atoms with Crippen LogP contribution < -0.4 is 9.47 Å². The van der Waals surface area contributed by atoms with Gasteiger partial charge in [-0.1, -0.05) is 24.8 Å². The van der Waals surface area contributed by atoms with Gasteiger partial charge < -0.3 is 14.4 Å². The molecule has 1 amide bonds. The molecule has 0 aliphatic carbocycles. The van der Waals surface area contributed by atoms with Gasteiger partial charge in [0.05, 0.1) is 0 Å². The maximum absolute atomic E-state index is 12.4. The fourth-order valence-electron chi connectivity index (χ4n) is 3.72. The number of hydrogen-bond acceptors (Lipinski definition) is 6. The number of benzene rings is 1. The summed E-state index contributed by atoms with van der Waals surface area (Å²) in [5, 5.41) is 7.71. The van der Waals surface area contributed by atoms with Gasteiger partial charge in [-0.05, 0) is 42.9 Å². The van der Waals surface area contributed by atoms with Crippen LogP contribution in [0.3, 0.4) is 0 Å². The fraction of sp³-hybridized carbons (Fsp3) is 0.526. The summed E-state index contributed by atoms with van der Waals surface area (Å²) in [6, 6.07) is 6.14. The highest BCUT2D eigenvalue weighted by Crippen LogP contribution is 2.38. The van der Waals surface area contributed by atoms with E-state index >= 15 is 0 Å². The van der Waals surface area contributed by atoms with Crippen molar-refractivity contribution in [3.05, 3.63) is 29.6 Å². The lowest BCUT2D eigenvalue weighted by Crippen LogP contribution is -2.47. The predicted molar refractivity (Wildman–Crippen MR) is 102 cm³/mol. The first-order valence-corrected chi connectivity index (χ1v) is 10.2. The van der Waals surface area contributed by atoms with Crippen LogP contribution in [0.2, 0.25) is 0 Å². The quantitative estimate of drug-likeness (QED) is 0.767. The number of fused-ring (bicyclic) bond motifs is 1. The summed E-state index contributed by atoms with van der Waals surface area (Å²) < 4.78 is 10.9. The van der Waals surface area contributed by atoms with Crippen molar-refractivity contribution in [2.45, 2.75) is 38.3 Å². The molecule has 0 bridgehead atoms. The predicted octanol–water partition coefficient (Wildman–Crippen LogP) is 2.81. The molecular formula is C19H24N4O3S. The number of likely N-dealkylation sites (tertiary alicyclic amines) is 1. The van der Waals surface area contributed by atoms with Crippen molar-refractivity contribution < 1.29 is 14.3 Å². The third-order valence-corrected chi connectivity index (χ3v) is 5.93. The van der Waals surface area contributed by atoms with Gasteiger partial charge in [0.15, 0.2) is 11.5 Å². The number of piperidine rings is 1. The molecule has 1 aromatic heterocycles. The standard InChI is InChI=1S/C19H24N4O3S/c1-13-20-18(22-21-13)27-8-7-23-11-19(2,6-5-17(23)24)10-14-3-4-15-16(9-14)26-12-25-15/h3-4,9H,5-8,10-12H2,1-2H3,(H,20,21,22)/t19-/m1/s1. The normalized spacial score (nSPS) is 21.7. The molecule has 1 saturated heterocycles. The first-order chi connectivity index (χ1) is 13.0. The van der Waals surface area contributed by atoms with E-state index in [0.717, 1.165) is 47.6 Å². The Kier molecular flexibility index (Phi) is 4.99. The van der Waals surface area contributed by atoms with E-state index < -0.39 is 0 Å². The molecule has 2 aliphatic rings. The van der Waals surface area contributed by atoms with Crippen molar-refractivity contribution in [2.75, 3.05) is 25.6 Å². The van der Waals surface area contributed by atoms with Crippen LogP contribution in [-0.4, -0.2) is 51.6 Å². The summed E-state index contributed by atoms with van der Waals surface area (Å²) in [6.45, 7) is 5.93. The molecular weight excluding hydrogens is 364 g/mol. The van der Waals surface area contributed by atoms with E-state index in [0.29, 0.717) is 19.8 Å². The zero-order chi connectivity index (χ0) is 18.9. The summed E-state index contributed by atoms with van der Waals surface area (Å²) in [6.07, 6.45) is 2.43. The van der Waals surface area contributed by atoms with Gasteiger partial charge >= 0.3 is 0 Å². The molecule has 3 heterocycles. The number of nitrogens with one attached hydrogen (secondary N) is 1. The number of nitrogens with zero attached hydrogens (tertiary/aromatic N) is 3. The monoisotopic (exact) mass is 388 g/mol. The van der Waals surface area contributed by atoms with Crippen molar-refractivity contribution in [2.24, 2.45) is 5.41 Å². The van der Waals surface area contributed by atoms with Crippen molar-refractivity contribution in [1.29, 1.82) is 0 Å². The minimum Gasteiger partial charge on any atom is -0.454 e. The smallest absolute Gasteiger partial charge is 0.231 e. The lowest BCUT2D eigenvalue weighted by molar-refractivity contribution is -0.136. The Morgan fingerprint density at radius 2 is 2.19 bits per heavy atom. The number of carbonyl (C=O) groups is 1. The van der Waals surface area contributed by atoms with Crippen LogP contribution in [0.4, 0.5) is 0 Å². The Labute approximate surface area is 162 Å². The molecule has 8 heteroatoms. The van der Waals surface area contributed by atoms with Gasteiger partial charge in [0.1, 0.15) is 5.82 Å². The molecule has 2 aliphatic heterocycles. The number of ether oxygens (including phenoxy) is 2. The van der Waals surface area contributed by atoms with Crippen LogP contribution in [0.1, 0.15) is 31.2 Å². The average molecular weight is 388 g/mol. The van der Waals surface area contributed by atoms with E-state index in [1.807, 2.05) is 17.9 Å². The Morgan fingerprint density at radius 1 is 1.33 bits per heavy atom. The zero-order valence-corrected chi connectivity index (χ0v) is 16.5. The summed E-state index contributed by atoms with van der Waals surface area (Å²) in [5.74, 6) is 3.47. The third-order valence-electron chi connectivity index (χ3n) is 5.10. The molecule has 0 saturated carbocycles. The Bertz CT molecular complexity index is 840. The van der Waals surface area contributed by atoms with E-state index in [-0.39, 0.29) is 11.3 Å². The first kappa shape index (κ1) is 18.2. The van der Waals surface area contributed by atoms with E-state index in [1.54, 1.807) is 11.8 Å². The molecule has 0 radical (unpaired) electrons. The number of amides is 1. The molecule has 1 aromatic carbocycles. The van der Waals surface area contributed by atoms with Crippen LogP contribution >= 0.6 is 11.8 Å². The van der Waals surface area contributed by atoms with Crippen LogP contribution in [0.15, 0.2) is 23.4 Å². The van der Waals surface area contributed by atoms with E-state index in [9.17, 15) is 4.79 Å². The fourth-order valence-corrected chi connectivity index (χ4v) is 4.53. The van der Waals surface area contributed by atoms with Gasteiger partial charge in [-0.15, -0.1) is 5.10 Å². The Balaban J connectivity index is 1.36. The van der Waals surface area contributed by atoms with Crippen LogP contribution in [-0.2, 0) is 11.2 Å². The SMILES string of the molecule is Cc1nc(SCCN2C[C@@](C)(Cc3ccc4c(c3)OCO4)CCC2=O)n[nH]1. The second kappa shape index (κ2) is 7.42. The highest BCUT2D eigenvalue weighted by Gasteiger charge is 2.35. The Morgan fingerprint density at radius 3 is 3.00 bits per heavy atom. The van der Waals surface area contributed by atoms with E-state index in [2.05, 4.69) is 34.2 Å².